The van der Waals surface area contributed by atoms with Crippen LogP contribution in [-0.4, -0.2) is 26.0 Å². The number of hydrogen-bond donors (Lipinski definition) is 2. The predicted molar refractivity (Wildman–Crippen MR) is 77.1 cm³/mol. The van der Waals surface area contributed by atoms with Crippen molar-refractivity contribution in [1.82, 2.24) is 4.72 Å². The van der Waals surface area contributed by atoms with E-state index in [0.717, 1.165) is 0 Å². The van der Waals surface area contributed by atoms with Crippen molar-refractivity contribution in [2.75, 3.05) is 12.8 Å². The molecular formula is C10H17BrN2O3S2. The van der Waals surface area contributed by atoms with Gasteiger partial charge >= 0.3 is 0 Å². The molecule has 1 heterocycles. The topological polar surface area (TPSA) is 85.3 Å². The zero-order valence-corrected chi connectivity index (χ0v) is 13.7. The molecule has 5 nitrogen and oxygen atoms in total. The Morgan fingerprint density at radius 1 is 1.56 bits per heavy atom. The first-order valence-electron chi connectivity index (χ1n) is 5.25. The third-order valence-corrected chi connectivity index (χ3v) is 5.95. The Bertz CT molecular complexity index is 511. The van der Waals surface area contributed by atoms with Gasteiger partial charge in [-0.2, -0.15) is 11.8 Å². The van der Waals surface area contributed by atoms with Gasteiger partial charge in [0.1, 0.15) is 10.7 Å². The first-order chi connectivity index (χ1) is 8.22. The van der Waals surface area contributed by atoms with Gasteiger partial charge in [0, 0.05) is 17.4 Å². The number of hydrogen-bond acceptors (Lipinski definition) is 5. The van der Waals surface area contributed by atoms with E-state index in [-0.39, 0.29) is 20.9 Å². The minimum absolute atomic E-state index is 0.0832. The Balaban J connectivity index is 2.90. The van der Waals surface area contributed by atoms with Gasteiger partial charge < -0.3 is 10.2 Å². The molecular weight excluding hydrogens is 340 g/mol. The molecule has 0 atom stereocenters. The Morgan fingerprint density at radius 2 is 2.17 bits per heavy atom. The van der Waals surface area contributed by atoms with Crippen molar-refractivity contribution in [1.29, 1.82) is 0 Å². The third-order valence-electron chi connectivity index (χ3n) is 2.44. The van der Waals surface area contributed by atoms with Gasteiger partial charge in [-0.25, -0.2) is 13.1 Å². The number of furan rings is 1. The molecule has 0 bridgehead atoms. The molecule has 0 amide bonds. The van der Waals surface area contributed by atoms with Crippen LogP contribution in [0.25, 0.3) is 0 Å². The lowest BCUT2D eigenvalue weighted by atomic mass is 10.2. The summed E-state index contributed by atoms with van der Waals surface area (Å²) >= 11 is 4.68. The number of nitrogens with two attached hydrogens (primary N) is 1. The van der Waals surface area contributed by atoms with Crippen molar-refractivity contribution in [2.45, 2.75) is 30.0 Å². The molecule has 1 aromatic rings. The highest BCUT2D eigenvalue weighted by Crippen LogP contribution is 2.27. The van der Waals surface area contributed by atoms with Gasteiger partial charge in [0.25, 0.3) is 0 Å². The van der Waals surface area contributed by atoms with Gasteiger partial charge in [-0.3, -0.25) is 0 Å². The van der Waals surface area contributed by atoms with E-state index in [1.54, 1.807) is 11.8 Å². The lowest BCUT2D eigenvalue weighted by molar-refractivity contribution is 0.483. The molecule has 0 unspecified atom stereocenters. The van der Waals surface area contributed by atoms with Crippen molar-refractivity contribution in [3.8, 4) is 0 Å². The summed E-state index contributed by atoms with van der Waals surface area (Å²) in [4.78, 5) is 0.0832. The molecule has 18 heavy (non-hydrogen) atoms. The van der Waals surface area contributed by atoms with Gasteiger partial charge in [-0.1, -0.05) is 0 Å². The van der Waals surface area contributed by atoms with Gasteiger partial charge in [0.05, 0.1) is 6.54 Å². The Hall–Kier alpha value is -0.0200. The molecule has 0 radical (unpaired) electrons. The maximum absolute atomic E-state index is 12.1. The smallest absolute Gasteiger partial charge is 0.245 e. The summed E-state index contributed by atoms with van der Waals surface area (Å²) < 4.78 is 31.9. The maximum Gasteiger partial charge on any atom is 0.245 e. The van der Waals surface area contributed by atoms with Gasteiger partial charge in [0.2, 0.25) is 10.0 Å². The molecule has 0 aliphatic rings. The summed E-state index contributed by atoms with van der Waals surface area (Å²) in [5.74, 6) is 0.423. The lowest BCUT2D eigenvalue weighted by Crippen LogP contribution is -2.36. The fourth-order valence-electron chi connectivity index (χ4n) is 1.10. The number of thioether (sulfide) groups is 1. The Morgan fingerprint density at radius 3 is 2.61 bits per heavy atom. The first kappa shape index (κ1) is 16.0. The van der Waals surface area contributed by atoms with Gasteiger partial charge in [0.15, 0.2) is 4.67 Å². The summed E-state index contributed by atoms with van der Waals surface area (Å²) in [5, 5.41) is 0. The van der Waals surface area contributed by atoms with E-state index < -0.39 is 10.0 Å². The molecule has 0 aliphatic carbocycles. The van der Waals surface area contributed by atoms with Crippen LogP contribution in [0.3, 0.4) is 0 Å². The molecule has 0 aliphatic heterocycles. The molecule has 104 valence electrons. The monoisotopic (exact) mass is 356 g/mol. The van der Waals surface area contributed by atoms with Crippen LogP contribution in [0.5, 0.6) is 0 Å². The Kier molecular flexibility index (Phi) is 5.31. The average molecular weight is 357 g/mol. The van der Waals surface area contributed by atoms with Crippen molar-refractivity contribution in [3.63, 3.8) is 0 Å². The van der Waals surface area contributed by atoms with Crippen LogP contribution in [0.15, 0.2) is 20.0 Å². The van der Waals surface area contributed by atoms with E-state index in [0.29, 0.717) is 12.3 Å². The average Bonchev–Trinajstić information content (AvgIpc) is 2.69. The van der Waals surface area contributed by atoms with E-state index in [4.69, 9.17) is 10.2 Å². The lowest BCUT2D eigenvalue weighted by Gasteiger charge is -2.21. The van der Waals surface area contributed by atoms with E-state index in [1.165, 1.54) is 6.07 Å². The van der Waals surface area contributed by atoms with Crippen molar-refractivity contribution in [3.05, 3.63) is 16.5 Å². The fourth-order valence-corrected chi connectivity index (χ4v) is 3.62. The minimum atomic E-state index is -3.58. The quantitative estimate of drug-likeness (QED) is 0.813. The molecule has 0 saturated carbocycles. The van der Waals surface area contributed by atoms with E-state index in [2.05, 4.69) is 20.7 Å². The number of nitrogens with one attached hydrogen (secondary N) is 1. The second kappa shape index (κ2) is 5.96. The second-order valence-electron chi connectivity index (χ2n) is 4.34. The van der Waals surface area contributed by atoms with Crippen LogP contribution in [0, 0.1) is 0 Å². The Labute approximate surface area is 120 Å². The molecule has 0 aromatic carbocycles. The van der Waals surface area contributed by atoms with E-state index >= 15 is 0 Å². The van der Waals surface area contributed by atoms with Crippen molar-refractivity contribution >= 4 is 37.7 Å². The van der Waals surface area contributed by atoms with Crippen LogP contribution in [-0.2, 0) is 16.6 Å². The maximum atomic E-state index is 12.1. The molecule has 1 rings (SSSR count). The van der Waals surface area contributed by atoms with Crippen molar-refractivity contribution in [2.24, 2.45) is 5.73 Å². The zero-order chi connectivity index (χ0) is 14.0. The summed E-state index contributed by atoms with van der Waals surface area (Å²) in [6.45, 7) is 4.43. The summed E-state index contributed by atoms with van der Waals surface area (Å²) in [6.07, 6.45) is 1.94. The zero-order valence-electron chi connectivity index (χ0n) is 10.5. The SMILES string of the molecule is CSC(C)(C)CNS(=O)(=O)c1cc(CN)oc1Br. The first-order valence-corrected chi connectivity index (χ1v) is 8.75. The molecule has 1 aromatic heterocycles. The van der Waals surface area contributed by atoms with Crippen LogP contribution in [0.2, 0.25) is 0 Å². The summed E-state index contributed by atoms with van der Waals surface area (Å²) in [5.41, 5.74) is 5.41. The summed E-state index contributed by atoms with van der Waals surface area (Å²) in [7, 11) is -3.58. The predicted octanol–water partition coefficient (Wildman–Crippen LogP) is 1.92. The van der Waals surface area contributed by atoms with Crippen LogP contribution < -0.4 is 10.5 Å². The van der Waals surface area contributed by atoms with E-state index in [1.807, 2.05) is 20.1 Å². The highest BCUT2D eigenvalue weighted by Gasteiger charge is 2.25. The number of rotatable bonds is 6. The molecule has 8 heteroatoms. The standard InChI is InChI=1S/C10H17BrN2O3S2/c1-10(2,17-3)6-13-18(14,15)8-4-7(5-12)16-9(8)11/h4,13H,5-6,12H2,1-3H3. The molecule has 0 saturated heterocycles. The molecule has 0 fully saturated rings. The van der Waals surface area contributed by atoms with Crippen LogP contribution >= 0.6 is 27.7 Å². The third kappa shape index (κ3) is 3.99. The van der Waals surface area contributed by atoms with E-state index in [9.17, 15) is 8.42 Å². The van der Waals surface area contributed by atoms with Gasteiger partial charge in [-0.05, 0) is 36.0 Å². The number of halogens is 1. The summed E-state index contributed by atoms with van der Waals surface area (Å²) in [6, 6.07) is 1.43. The largest absolute Gasteiger partial charge is 0.452 e. The highest BCUT2D eigenvalue weighted by molar-refractivity contribution is 9.10. The van der Waals surface area contributed by atoms with Gasteiger partial charge in [-0.15, -0.1) is 0 Å². The molecule has 3 N–H and O–H groups in total. The number of sulfonamides is 1. The second-order valence-corrected chi connectivity index (χ2v) is 8.31. The van der Waals surface area contributed by atoms with Crippen LogP contribution in [0.4, 0.5) is 0 Å². The minimum Gasteiger partial charge on any atom is -0.452 e. The fraction of sp³-hybridized carbons (Fsp3) is 0.600. The van der Waals surface area contributed by atoms with Crippen LogP contribution in [0.1, 0.15) is 19.6 Å². The normalized spacial score (nSPS) is 12.9. The highest BCUT2D eigenvalue weighted by atomic mass is 79.9. The molecule has 0 spiro atoms. The van der Waals surface area contributed by atoms with Crippen molar-refractivity contribution < 1.29 is 12.8 Å².